The van der Waals surface area contributed by atoms with Crippen LogP contribution < -0.4 is 5.32 Å². The van der Waals surface area contributed by atoms with E-state index >= 15 is 0 Å². The molecule has 2 atom stereocenters. The summed E-state index contributed by atoms with van der Waals surface area (Å²) in [6.07, 6.45) is 0.522. The van der Waals surface area contributed by atoms with E-state index in [1.54, 1.807) is 0 Å². The van der Waals surface area contributed by atoms with Gasteiger partial charge in [0.1, 0.15) is 11.9 Å². The first-order valence-electron chi connectivity index (χ1n) is 9.66. The van der Waals surface area contributed by atoms with Crippen molar-refractivity contribution in [2.75, 3.05) is 6.54 Å². The molecule has 1 aliphatic rings. The first-order chi connectivity index (χ1) is 14.4. The van der Waals surface area contributed by atoms with E-state index in [4.69, 9.17) is 4.52 Å². The fourth-order valence-corrected chi connectivity index (χ4v) is 4.25. The lowest BCUT2D eigenvalue weighted by Crippen LogP contribution is -2.58. The van der Waals surface area contributed by atoms with Crippen molar-refractivity contribution in [3.05, 3.63) is 58.4 Å². The fourth-order valence-electron chi connectivity index (χ4n) is 3.48. The summed E-state index contributed by atoms with van der Waals surface area (Å²) in [5.74, 6) is -0.851. The summed E-state index contributed by atoms with van der Waals surface area (Å²) in [4.78, 5) is 32.8. The zero-order valence-electron chi connectivity index (χ0n) is 16.5. The molecule has 1 aliphatic heterocycles. The number of halogens is 1. The number of aromatic nitrogens is 2. The molecule has 4 rings (SSSR count). The van der Waals surface area contributed by atoms with Gasteiger partial charge >= 0.3 is 11.8 Å². The lowest BCUT2D eigenvalue weighted by molar-refractivity contribution is -0.130. The Morgan fingerprint density at radius 1 is 1.33 bits per heavy atom. The zero-order chi connectivity index (χ0) is 21.3. The van der Waals surface area contributed by atoms with Gasteiger partial charge < -0.3 is 14.7 Å². The number of hydrogen-bond donors (Lipinski definition) is 1. The highest BCUT2D eigenvalue weighted by molar-refractivity contribution is 7.10. The number of piperazine rings is 1. The number of benzene rings is 1. The van der Waals surface area contributed by atoms with Crippen LogP contribution in [0.5, 0.6) is 0 Å². The summed E-state index contributed by atoms with van der Waals surface area (Å²) in [5.41, 5.74) is 0.533. The lowest BCUT2D eigenvalue weighted by atomic mass is 9.97. The van der Waals surface area contributed by atoms with E-state index in [1.807, 2.05) is 31.4 Å². The second kappa shape index (κ2) is 8.35. The molecule has 30 heavy (non-hydrogen) atoms. The number of nitrogens with zero attached hydrogens (tertiary/aromatic N) is 3. The molecule has 0 aliphatic carbocycles. The van der Waals surface area contributed by atoms with Crippen LogP contribution in [0.1, 0.15) is 41.9 Å². The number of carbonyl (C=O) groups excluding carboxylic acids is 2. The summed E-state index contributed by atoms with van der Waals surface area (Å²) in [6, 6.07) is 8.53. The molecule has 2 amide bonds. The van der Waals surface area contributed by atoms with Gasteiger partial charge in [-0.3, -0.25) is 9.59 Å². The Bertz CT molecular complexity index is 1030. The molecule has 9 heteroatoms. The molecule has 0 unspecified atom stereocenters. The molecule has 3 aromatic rings. The van der Waals surface area contributed by atoms with Crippen molar-refractivity contribution in [2.24, 2.45) is 5.92 Å². The number of thiophene rings is 1. The van der Waals surface area contributed by atoms with E-state index in [2.05, 4.69) is 15.5 Å². The Hall–Kier alpha value is -3.07. The third kappa shape index (κ3) is 4.11. The molecular weight excluding hydrogens is 407 g/mol. The fraction of sp³-hybridized carbons (Fsp3) is 0.333. The summed E-state index contributed by atoms with van der Waals surface area (Å²) < 4.78 is 18.4. The van der Waals surface area contributed by atoms with Gasteiger partial charge in [0.15, 0.2) is 0 Å². The maximum Gasteiger partial charge on any atom is 0.316 e. The first kappa shape index (κ1) is 20.2. The van der Waals surface area contributed by atoms with Crippen molar-refractivity contribution < 1.29 is 18.5 Å². The van der Waals surface area contributed by atoms with Gasteiger partial charge in [0.25, 0.3) is 0 Å². The second-order valence-corrected chi connectivity index (χ2v) is 8.59. The molecule has 3 heterocycles. The standard InChI is InChI=1S/C21H21FN4O3S/c1-12(2)10-16-19(27)23-15(17-4-3-9-30-17)11-26(16)21(28)20-24-18(25-29-20)13-5-7-14(22)8-6-13/h3-9,12,15-16H,10-11H2,1-2H3,(H,23,27)/t15-,16+/m1/s1. The molecular formula is C21H21FN4O3S. The van der Waals surface area contributed by atoms with Crippen LogP contribution in [0.25, 0.3) is 11.4 Å². The van der Waals surface area contributed by atoms with Gasteiger partial charge in [-0.25, -0.2) is 4.39 Å². The Kier molecular flexibility index (Phi) is 5.63. The van der Waals surface area contributed by atoms with Gasteiger partial charge in [0, 0.05) is 17.0 Å². The quantitative estimate of drug-likeness (QED) is 0.670. The van der Waals surface area contributed by atoms with Crippen LogP contribution in [0, 0.1) is 11.7 Å². The Labute approximate surface area is 176 Å². The van der Waals surface area contributed by atoms with Gasteiger partial charge in [-0.2, -0.15) is 4.98 Å². The normalized spacial score (nSPS) is 19.2. The van der Waals surface area contributed by atoms with Gasteiger partial charge in [0.2, 0.25) is 11.7 Å². The van der Waals surface area contributed by atoms with Gasteiger partial charge in [0.05, 0.1) is 6.04 Å². The SMILES string of the molecule is CC(C)C[C@H]1C(=O)N[C@@H](c2cccs2)CN1C(=O)c1nc(-c2ccc(F)cc2)no1. The van der Waals surface area contributed by atoms with E-state index in [0.29, 0.717) is 18.5 Å². The average Bonchev–Trinajstić information content (AvgIpc) is 3.41. The van der Waals surface area contributed by atoms with E-state index in [0.717, 1.165) is 4.88 Å². The Morgan fingerprint density at radius 2 is 2.10 bits per heavy atom. The molecule has 0 bridgehead atoms. The molecule has 1 saturated heterocycles. The number of carbonyl (C=O) groups is 2. The first-order valence-corrected chi connectivity index (χ1v) is 10.5. The molecule has 1 aromatic carbocycles. The number of amides is 2. The molecule has 0 radical (unpaired) electrons. The molecule has 156 valence electrons. The van der Waals surface area contributed by atoms with Crippen molar-refractivity contribution in [2.45, 2.75) is 32.4 Å². The van der Waals surface area contributed by atoms with Crippen LogP contribution in [-0.2, 0) is 4.79 Å². The molecule has 1 N–H and O–H groups in total. The van der Waals surface area contributed by atoms with Gasteiger partial charge in [-0.05, 0) is 48.1 Å². The highest BCUT2D eigenvalue weighted by atomic mass is 32.1. The predicted octanol–water partition coefficient (Wildman–Crippen LogP) is 3.67. The van der Waals surface area contributed by atoms with Crippen LogP contribution >= 0.6 is 11.3 Å². The van der Waals surface area contributed by atoms with E-state index < -0.39 is 11.9 Å². The van der Waals surface area contributed by atoms with Crippen LogP contribution in [0.4, 0.5) is 4.39 Å². The summed E-state index contributed by atoms with van der Waals surface area (Å²) in [6.45, 7) is 4.32. The molecule has 2 aromatic heterocycles. The topological polar surface area (TPSA) is 88.3 Å². The molecule has 0 saturated carbocycles. The molecule has 0 spiro atoms. The zero-order valence-corrected chi connectivity index (χ0v) is 17.4. The monoisotopic (exact) mass is 428 g/mol. The van der Waals surface area contributed by atoms with Crippen molar-refractivity contribution in [3.63, 3.8) is 0 Å². The minimum Gasteiger partial charge on any atom is -0.345 e. The van der Waals surface area contributed by atoms with Crippen LogP contribution in [0.3, 0.4) is 0 Å². The number of rotatable bonds is 5. The highest BCUT2D eigenvalue weighted by Gasteiger charge is 2.40. The van der Waals surface area contributed by atoms with Crippen molar-refractivity contribution in [1.29, 1.82) is 0 Å². The third-order valence-corrected chi connectivity index (χ3v) is 5.91. The van der Waals surface area contributed by atoms with Crippen molar-refractivity contribution in [3.8, 4) is 11.4 Å². The van der Waals surface area contributed by atoms with Gasteiger partial charge in [-0.15, -0.1) is 11.3 Å². The summed E-state index contributed by atoms with van der Waals surface area (Å²) in [7, 11) is 0. The van der Waals surface area contributed by atoms with E-state index in [9.17, 15) is 14.0 Å². The lowest BCUT2D eigenvalue weighted by Gasteiger charge is -2.39. The second-order valence-electron chi connectivity index (χ2n) is 7.61. The van der Waals surface area contributed by atoms with Crippen LogP contribution in [0.2, 0.25) is 0 Å². The van der Waals surface area contributed by atoms with Crippen molar-refractivity contribution in [1.82, 2.24) is 20.4 Å². The smallest absolute Gasteiger partial charge is 0.316 e. The highest BCUT2D eigenvalue weighted by Crippen LogP contribution is 2.28. The summed E-state index contributed by atoms with van der Waals surface area (Å²) in [5, 5.41) is 8.81. The average molecular weight is 428 g/mol. The Balaban J connectivity index is 1.61. The third-order valence-electron chi connectivity index (χ3n) is 4.93. The number of hydrogen-bond acceptors (Lipinski definition) is 6. The van der Waals surface area contributed by atoms with Crippen molar-refractivity contribution >= 4 is 23.2 Å². The maximum absolute atomic E-state index is 13.2. The molecule has 7 nitrogen and oxygen atoms in total. The van der Waals surface area contributed by atoms with Gasteiger partial charge in [-0.1, -0.05) is 25.1 Å². The van der Waals surface area contributed by atoms with E-state index in [-0.39, 0.29) is 35.4 Å². The largest absolute Gasteiger partial charge is 0.345 e. The number of nitrogens with one attached hydrogen (secondary N) is 1. The van der Waals surface area contributed by atoms with E-state index in [1.165, 1.54) is 40.5 Å². The summed E-state index contributed by atoms with van der Waals surface area (Å²) >= 11 is 1.52. The van der Waals surface area contributed by atoms with Crippen LogP contribution in [0.15, 0.2) is 46.3 Å². The maximum atomic E-state index is 13.2. The molecule has 1 fully saturated rings. The van der Waals surface area contributed by atoms with Crippen LogP contribution in [-0.4, -0.2) is 39.4 Å². The Morgan fingerprint density at radius 3 is 2.77 bits per heavy atom. The minimum atomic E-state index is -0.616. The minimum absolute atomic E-state index is 0.190. The predicted molar refractivity (Wildman–Crippen MR) is 109 cm³/mol.